The molecule has 0 saturated carbocycles. The lowest BCUT2D eigenvalue weighted by atomic mass is 10.0. The first-order valence-electron chi connectivity index (χ1n) is 31.1. The zero-order valence-corrected chi connectivity index (χ0v) is 50.5. The monoisotopic (exact) mass is 1220 g/mol. The van der Waals surface area contributed by atoms with Gasteiger partial charge in [0.15, 0.2) is 0 Å². The highest BCUT2D eigenvalue weighted by molar-refractivity contribution is 6.12. The first kappa shape index (κ1) is 56.8. The van der Waals surface area contributed by atoms with Gasteiger partial charge in [-0.2, -0.15) is 0 Å². The summed E-state index contributed by atoms with van der Waals surface area (Å²) in [5, 5.41) is 3.68. The molecule has 0 spiro atoms. The summed E-state index contributed by atoms with van der Waals surface area (Å²) < 4.78 is 64.0. The number of hydrogen-bond donors (Lipinski definition) is 0. The molecule has 0 aliphatic rings. The van der Waals surface area contributed by atoms with Crippen molar-refractivity contribution >= 4 is 112 Å². The zero-order chi connectivity index (χ0) is 63.2. The van der Waals surface area contributed by atoms with Crippen molar-refractivity contribution in [3.05, 3.63) is 363 Å². The topological polar surface area (TPSA) is 22.8 Å². The van der Waals surface area contributed by atoms with E-state index in [9.17, 15) is 8.78 Å². The molecule has 10 heteroatoms. The number of hydrogen-bond acceptors (Lipinski definition) is 4. The molecule has 450 valence electrons. The Bertz CT molecular complexity index is 4990. The fraction of sp³-hybridized carbons (Fsp3) is 0. The van der Waals surface area contributed by atoms with Crippen LogP contribution in [0.2, 0.25) is 0 Å². The van der Waals surface area contributed by atoms with E-state index in [1.54, 1.807) is 0 Å². The van der Waals surface area contributed by atoms with Gasteiger partial charge in [-0.15, -0.1) is 0 Å². The molecule has 2 aromatic heterocycles. The second kappa shape index (κ2) is 24.1. The van der Waals surface area contributed by atoms with Crippen molar-refractivity contribution in [2.75, 3.05) is 19.6 Å². The normalized spacial score (nSPS) is 11.4. The molecule has 0 saturated heterocycles. The third-order valence-corrected chi connectivity index (χ3v) is 17.5. The summed E-state index contributed by atoms with van der Waals surface area (Å²) in [5.41, 5.74) is 17.2. The van der Waals surface area contributed by atoms with Crippen LogP contribution in [0, 0.1) is 23.3 Å². The lowest BCUT2D eigenvalue weighted by molar-refractivity contribution is 0.578. The SMILES string of the molecule is Fc1ccc(-n2c3ccccc3c3cc(N(c4ccc(-c5ccc(N(c6ccc(N(c7ccccc7)c7ccccc7)cc6)c6ccc7c(c6)c6ccccc6n7-c6ccc(F)cc6F)cc5)cc4)c4ccc(N(c5ccccc5)c5ccccc5)cc4)ccc32)c(F)c1. The Morgan fingerprint density at radius 2 is 0.436 bits per heavy atom. The summed E-state index contributed by atoms with van der Waals surface area (Å²) in [7, 11) is 0. The molecule has 0 atom stereocenters. The van der Waals surface area contributed by atoms with Gasteiger partial charge in [-0.05, 0) is 205 Å². The standard InChI is InChI=1S/C84H56F4N6/c85-59-33-49-83(77(87)53-59)93-79-27-15-13-25-73(79)75-55-71(47-51-81(75)93)91(69-43-39-67(40-44-69)89(61-17-5-1-6-18-61)62-19-7-2-8-20-62)65-35-29-57(30-36-65)58-31-37-66(38-32-58)92(70-45-41-68(42-46-70)90(63-21-9-3-10-22-63)64-23-11-4-12-24-64)72-48-52-82-76(56-72)74-26-14-16-28-80(74)94(82)84-50-34-60(86)54-78(84)88/h1-56H. The zero-order valence-electron chi connectivity index (χ0n) is 50.5. The number of nitrogens with zero attached hydrogens (tertiary/aromatic N) is 6. The molecule has 94 heavy (non-hydrogen) atoms. The second-order valence-electron chi connectivity index (χ2n) is 23.1. The molecule has 0 amide bonds. The Balaban J connectivity index is 0.792. The summed E-state index contributed by atoms with van der Waals surface area (Å²) in [6.07, 6.45) is 0. The number of benzene rings is 14. The van der Waals surface area contributed by atoms with Crippen molar-refractivity contribution in [3.8, 4) is 22.5 Å². The van der Waals surface area contributed by atoms with Crippen molar-refractivity contribution < 1.29 is 17.6 Å². The van der Waals surface area contributed by atoms with Gasteiger partial charge in [0.1, 0.15) is 23.3 Å². The second-order valence-corrected chi connectivity index (χ2v) is 23.1. The van der Waals surface area contributed by atoms with Crippen molar-refractivity contribution in [1.82, 2.24) is 9.13 Å². The Morgan fingerprint density at radius 3 is 0.745 bits per heavy atom. The number of aromatic nitrogens is 2. The molecule has 0 aliphatic carbocycles. The Morgan fingerprint density at radius 1 is 0.191 bits per heavy atom. The van der Waals surface area contributed by atoms with Crippen LogP contribution in [0.5, 0.6) is 0 Å². The molecule has 0 unspecified atom stereocenters. The number of para-hydroxylation sites is 6. The van der Waals surface area contributed by atoms with Gasteiger partial charge >= 0.3 is 0 Å². The van der Waals surface area contributed by atoms with Gasteiger partial charge in [0.25, 0.3) is 0 Å². The molecular weight excluding hydrogens is 1170 g/mol. The number of rotatable bonds is 15. The van der Waals surface area contributed by atoms with Gasteiger partial charge in [-0.1, -0.05) is 133 Å². The van der Waals surface area contributed by atoms with Gasteiger partial charge in [0, 0.05) is 102 Å². The van der Waals surface area contributed by atoms with E-state index in [1.165, 1.54) is 24.3 Å². The summed E-state index contributed by atoms with van der Waals surface area (Å²) in [4.78, 5) is 8.96. The van der Waals surface area contributed by atoms with Crippen LogP contribution in [0.3, 0.4) is 0 Å². The van der Waals surface area contributed by atoms with E-state index in [0.29, 0.717) is 0 Å². The van der Waals surface area contributed by atoms with Crippen LogP contribution < -0.4 is 19.6 Å². The minimum Gasteiger partial charge on any atom is -0.311 e. The summed E-state index contributed by atoms with van der Waals surface area (Å²) in [6.45, 7) is 0. The molecule has 14 aromatic carbocycles. The van der Waals surface area contributed by atoms with E-state index in [2.05, 4.69) is 189 Å². The fourth-order valence-corrected chi connectivity index (χ4v) is 13.2. The molecule has 6 nitrogen and oxygen atoms in total. The summed E-state index contributed by atoms with van der Waals surface area (Å²) in [6, 6.07) is 111. The van der Waals surface area contributed by atoms with Gasteiger partial charge in [0.2, 0.25) is 0 Å². The van der Waals surface area contributed by atoms with Crippen LogP contribution in [-0.2, 0) is 0 Å². The first-order chi connectivity index (χ1) is 46.3. The van der Waals surface area contributed by atoms with Gasteiger partial charge in [-0.25, -0.2) is 17.6 Å². The molecule has 0 N–H and O–H groups in total. The number of fused-ring (bicyclic) bond motifs is 6. The third kappa shape index (κ3) is 10.4. The molecule has 0 fully saturated rings. The molecule has 16 aromatic rings. The molecule has 16 rings (SSSR count). The van der Waals surface area contributed by atoms with E-state index in [0.717, 1.165) is 135 Å². The van der Waals surface area contributed by atoms with Crippen molar-refractivity contribution in [1.29, 1.82) is 0 Å². The van der Waals surface area contributed by atoms with E-state index in [-0.39, 0.29) is 11.4 Å². The maximum absolute atomic E-state index is 15.8. The van der Waals surface area contributed by atoms with Gasteiger partial charge in [0.05, 0.1) is 33.4 Å². The lowest BCUT2D eigenvalue weighted by Gasteiger charge is -2.29. The minimum atomic E-state index is -0.650. The predicted molar refractivity (Wildman–Crippen MR) is 379 cm³/mol. The van der Waals surface area contributed by atoms with E-state index in [1.807, 2.05) is 143 Å². The molecular formula is C84H56F4N6. The highest BCUT2D eigenvalue weighted by atomic mass is 19.1. The maximum atomic E-state index is 15.8. The highest BCUT2D eigenvalue weighted by Gasteiger charge is 2.24. The summed E-state index contributed by atoms with van der Waals surface area (Å²) in [5.74, 6) is -2.57. The Hall–Kier alpha value is -12.4. The average Bonchev–Trinajstić information content (AvgIpc) is 1.60. The Kier molecular flexibility index (Phi) is 14.6. The maximum Gasteiger partial charge on any atom is 0.150 e. The quantitative estimate of drug-likeness (QED) is 0.0954. The largest absolute Gasteiger partial charge is 0.311 e. The van der Waals surface area contributed by atoms with Crippen molar-refractivity contribution in [3.63, 3.8) is 0 Å². The Labute approximate surface area is 540 Å². The van der Waals surface area contributed by atoms with Crippen LogP contribution >= 0.6 is 0 Å². The smallest absolute Gasteiger partial charge is 0.150 e. The van der Waals surface area contributed by atoms with Crippen LogP contribution in [0.1, 0.15) is 0 Å². The highest BCUT2D eigenvalue weighted by Crippen LogP contribution is 2.46. The molecule has 0 aliphatic heterocycles. The van der Waals surface area contributed by atoms with E-state index in [4.69, 9.17) is 0 Å². The third-order valence-electron chi connectivity index (χ3n) is 17.5. The van der Waals surface area contributed by atoms with Gasteiger partial charge in [-0.3, -0.25) is 0 Å². The van der Waals surface area contributed by atoms with Crippen molar-refractivity contribution in [2.24, 2.45) is 0 Å². The average molecular weight is 1230 g/mol. The lowest BCUT2D eigenvalue weighted by Crippen LogP contribution is -2.12. The number of halogens is 4. The molecule has 2 heterocycles. The summed E-state index contributed by atoms with van der Waals surface area (Å²) >= 11 is 0. The fourth-order valence-electron chi connectivity index (χ4n) is 13.2. The van der Waals surface area contributed by atoms with Crippen molar-refractivity contribution in [2.45, 2.75) is 0 Å². The first-order valence-corrected chi connectivity index (χ1v) is 31.1. The molecule has 0 bridgehead atoms. The van der Waals surface area contributed by atoms with Gasteiger partial charge < -0.3 is 28.7 Å². The van der Waals surface area contributed by atoms with Crippen LogP contribution in [0.25, 0.3) is 66.1 Å². The predicted octanol–water partition coefficient (Wildman–Crippen LogP) is 24.0. The minimum absolute atomic E-state index is 0.263. The molecule has 0 radical (unpaired) electrons. The van der Waals surface area contributed by atoms with E-state index < -0.39 is 23.3 Å². The van der Waals surface area contributed by atoms with Crippen LogP contribution in [0.15, 0.2) is 340 Å². The number of anilines is 12. The van der Waals surface area contributed by atoms with E-state index >= 15 is 8.78 Å². The van der Waals surface area contributed by atoms with Crippen LogP contribution in [0.4, 0.5) is 85.8 Å². The van der Waals surface area contributed by atoms with Crippen LogP contribution in [-0.4, -0.2) is 9.13 Å².